The Morgan fingerprint density at radius 2 is 2.00 bits per heavy atom. The summed E-state index contributed by atoms with van der Waals surface area (Å²) in [5.74, 6) is 0.687. The molecule has 0 radical (unpaired) electrons. The zero-order valence-corrected chi connectivity index (χ0v) is 14.7. The zero-order chi connectivity index (χ0) is 16.0. The normalized spacial score (nSPS) is 12.1. The molecule has 2 N–H and O–H groups in total. The van der Waals surface area contributed by atoms with Gasteiger partial charge in [0.15, 0.2) is 0 Å². The van der Waals surface area contributed by atoms with Crippen LogP contribution in [-0.2, 0) is 9.53 Å². The molecule has 0 saturated heterocycles. The molecule has 0 aliphatic heterocycles. The number of halogens is 1. The molecule has 0 aromatic heterocycles. The summed E-state index contributed by atoms with van der Waals surface area (Å²) in [6.07, 6.45) is 2.92. The number of rotatable bonds is 7. The van der Waals surface area contributed by atoms with E-state index in [9.17, 15) is 4.79 Å². The van der Waals surface area contributed by atoms with Gasteiger partial charge in [-0.2, -0.15) is 0 Å². The van der Waals surface area contributed by atoms with Crippen LogP contribution in [0.2, 0.25) is 0 Å². The minimum Gasteiger partial charge on any atom is -0.496 e. The van der Waals surface area contributed by atoms with Crippen LogP contribution in [0, 0.1) is 13.8 Å². The molecule has 1 atom stereocenters. The molecule has 21 heavy (non-hydrogen) atoms. The minimum absolute atomic E-state index is 0.103. The van der Waals surface area contributed by atoms with E-state index in [0.29, 0.717) is 6.42 Å². The van der Waals surface area contributed by atoms with Crippen LogP contribution >= 0.6 is 15.9 Å². The van der Waals surface area contributed by atoms with Gasteiger partial charge in [-0.1, -0.05) is 22.4 Å². The summed E-state index contributed by atoms with van der Waals surface area (Å²) in [5, 5.41) is 0. The largest absolute Gasteiger partial charge is 0.496 e. The van der Waals surface area contributed by atoms with E-state index in [1.54, 1.807) is 7.11 Å². The van der Waals surface area contributed by atoms with Gasteiger partial charge in [-0.05, 0) is 43.9 Å². The van der Waals surface area contributed by atoms with E-state index in [2.05, 4.69) is 20.7 Å². The monoisotopic (exact) mass is 357 g/mol. The molecular formula is C16H24BrNO3. The van der Waals surface area contributed by atoms with Crippen LogP contribution in [-0.4, -0.2) is 20.2 Å². The smallest absolute Gasteiger partial charge is 0.305 e. The first-order valence-electron chi connectivity index (χ1n) is 7.08. The molecule has 0 aliphatic rings. The van der Waals surface area contributed by atoms with Gasteiger partial charge in [0.2, 0.25) is 0 Å². The topological polar surface area (TPSA) is 61.5 Å². The van der Waals surface area contributed by atoms with Crippen molar-refractivity contribution in [3.63, 3.8) is 0 Å². The van der Waals surface area contributed by atoms with E-state index in [4.69, 9.17) is 10.5 Å². The molecule has 1 unspecified atom stereocenters. The summed E-state index contributed by atoms with van der Waals surface area (Å²) in [6, 6.07) is 1.94. The number of esters is 1. The first kappa shape index (κ1) is 18.0. The Labute approximate surface area is 135 Å². The molecule has 0 fully saturated rings. The highest BCUT2D eigenvalue weighted by molar-refractivity contribution is 9.10. The van der Waals surface area contributed by atoms with E-state index in [-0.39, 0.29) is 12.0 Å². The maximum atomic E-state index is 11.1. The highest BCUT2D eigenvalue weighted by Crippen LogP contribution is 2.37. The first-order chi connectivity index (χ1) is 9.92. The van der Waals surface area contributed by atoms with Crippen molar-refractivity contribution in [3.8, 4) is 5.75 Å². The second-order valence-electron chi connectivity index (χ2n) is 5.18. The molecule has 0 aliphatic carbocycles. The Bertz CT molecular complexity index is 503. The van der Waals surface area contributed by atoms with Gasteiger partial charge in [0, 0.05) is 22.5 Å². The summed E-state index contributed by atoms with van der Waals surface area (Å²) in [6.45, 7) is 4.05. The number of carbonyl (C=O) groups is 1. The highest BCUT2D eigenvalue weighted by atomic mass is 79.9. The van der Waals surface area contributed by atoms with Gasteiger partial charge < -0.3 is 15.2 Å². The van der Waals surface area contributed by atoms with Crippen molar-refractivity contribution in [2.75, 3.05) is 14.2 Å². The van der Waals surface area contributed by atoms with E-state index in [1.807, 2.05) is 19.9 Å². The highest BCUT2D eigenvalue weighted by Gasteiger charge is 2.19. The molecule has 0 saturated carbocycles. The fraction of sp³-hybridized carbons (Fsp3) is 0.562. The molecule has 1 aromatic carbocycles. The number of hydrogen-bond donors (Lipinski definition) is 1. The molecule has 4 nitrogen and oxygen atoms in total. The number of unbranched alkanes of at least 4 members (excludes halogenated alkanes) is 1. The van der Waals surface area contributed by atoms with Gasteiger partial charge in [-0.25, -0.2) is 0 Å². The molecule has 1 rings (SSSR count). The molecular weight excluding hydrogens is 334 g/mol. The Kier molecular flexibility index (Phi) is 7.18. The van der Waals surface area contributed by atoms with Gasteiger partial charge in [0.05, 0.1) is 14.2 Å². The molecule has 0 bridgehead atoms. The number of ether oxygens (including phenoxy) is 2. The van der Waals surface area contributed by atoms with Crippen LogP contribution in [0.4, 0.5) is 0 Å². The van der Waals surface area contributed by atoms with Gasteiger partial charge in [0.25, 0.3) is 0 Å². The summed E-state index contributed by atoms with van der Waals surface area (Å²) in [4.78, 5) is 11.1. The Morgan fingerprint density at radius 3 is 2.57 bits per heavy atom. The van der Waals surface area contributed by atoms with E-state index >= 15 is 0 Å². The maximum Gasteiger partial charge on any atom is 0.305 e. The fourth-order valence-electron chi connectivity index (χ4n) is 2.47. The maximum absolute atomic E-state index is 11.1. The Hall–Kier alpha value is -1.07. The Balaban J connectivity index is 2.78. The molecule has 5 heteroatoms. The van der Waals surface area contributed by atoms with Gasteiger partial charge >= 0.3 is 5.97 Å². The lowest BCUT2D eigenvalue weighted by molar-refractivity contribution is -0.140. The van der Waals surface area contributed by atoms with Crippen molar-refractivity contribution in [1.29, 1.82) is 0 Å². The third-order valence-corrected chi connectivity index (χ3v) is 4.48. The fourth-order valence-corrected chi connectivity index (χ4v) is 3.03. The number of methoxy groups -OCH3 is 2. The van der Waals surface area contributed by atoms with Crippen LogP contribution < -0.4 is 10.5 Å². The van der Waals surface area contributed by atoms with Crippen LogP contribution in [0.15, 0.2) is 10.5 Å². The van der Waals surface area contributed by atoms with Crippen molar-refractivity contribution in [2.24, 2.45) is 5.73 Å². The first-order valence-corrected chi connectivity index (χ1v) is 7.87. The SMILES string of the molecule is COC(=O)CCCCC(N)c1c(C)c(Br)cc(C)c1OC. The minimum atomic E-state index is -0.171. The lowest BCUT2D eigenvalue weighted by Gasteiger charge is -2.21. The lowest BCUT2D eigenvalue weighted by Crippen LogP contribution is -2.14. The summed E-state index contributed by atoms with van der Waals surface area (Å²) in [7, 11) is 3.08. The van der Waals surface area contributed by atoms with Crippen LogP contribution in [0.25, 0.3) is 0 Å². The summed E-state index contributed by atoms with van der Waals surface area (Å²) < 4.78 is 11.2. The predicted octanol–water partition coefficient (Wildman–Crippen LogP) is 3.81. The van der Waals surface area contributed by atoms with Crippen molar-refractivity contribution in [3.05, 3.63) is 27.2 Å². The Morgan fingerprint density at radius 1 is 1.33 bits per heavy atom. The van der Waals surface area contributed by atoms with Crippen molar-refractivity contribution >= 4 is 21.9 Å². The molecule has 0 amide bonds. The van der Waals surface area contributed by atoms with Crippen LogP contribution in [0.3, 0.4) is 0 Å². The zero-order valence-electron chi connectivity index (χ0n) is 13.2. The van der Waals surface area contributed by atoms with E-state index in [1.165, 1.54) is 7.11 Å². The van der Waals surface area contributed by atoms with Crippen LogP contribution in [0.1, 0.15) is 48.4 Å². The average molecular weight is 358 g/mol. The second-order valence-corrected chi connectivity index (χ2v) is 6.03. The van der Waals surface area contributed by atoms with Crippen molar-refractivity contribution in [1.82, 2.24) is 0 Å². The predicted molar refractivity (Wildman–Crippen MR) is 87.6 cm³/mol. The lowest BCUT2D eigenvalue weighted by atomic mass is 9.94. The van der Waals surface area contributed by atoms with Gasteiger partial charge in [-0.15, -0.1) is 0 Å². The summed E-state index contributed by atoms with van der Waals surface area (Å²) >= 11 is 3.57. The van der Waals surface area contributed by atoms with E-state index < -0.39 is 0 Å². The number of carbonyl (C=O) groups excluding carboxylic acids is 1. The third kappa shape index (κ3) is 4.71. The number of hydrogen-bond acceptors (Lipinski definition) is 4. The standard InChI is InChI=1S/C16H24BrNO3/c1-10-9-12(17)11(2)15(16(10)21-4)13(18)7-5-6-8-14(19)20-3/h9,13H,5-8,18H2,1-4H3. The molecule has 0 spiro atoms. The molecule has 1 aromatic rings. The molecule has 118 valence electrons. The quantitative estimate of drug-likeness (QED) is 0.595. The third-order valence-electron chi connectivity index (χ3n) is 3.66. The van der Waals surface area contributed by atoms with Crippen LogP contribution in [0.5, 0.6) is 5.75 Å². The average Bonchev–Trinajstić information content (AvgIpc) is 2.46. The summed E-state index contributed by atoms with van der Waals surface area (Å²) in [5.41, 5.74) is 9.56. The van der Waals surface area contributed by atoms with Gasteiger partial charge in [-0.3, -0.25) is 4.79 Å². The number of aryl methyl sites for hydroxylation is 1. The number of nitrogens with two attached hydrogens (primary N) is 1. The van der Waals surface area contributed by atoms with E-state index in [0.717, 1.165) is 46.2 Å². The van der Waals surface area contributed by atoms with Crippen molar-refractivity contribution < 1.29 is 14.3 Å². The second kappa shape index (κ2) is 8.39. The van der Waals surface area contributed by atoms with Crippen molar-refractivity contribution in [2.45, 2.75) is 45.6 Å². The molecule has 0 heterocycles. The van der Waals surface area contributed by atoms with Gasteiger partial charge in [0.1, 0.15) is 5.75 Å². The number of benzene rings is 1.